The van der Waals surface area contributed by atoms with Crippen LogP contribution in [0.15, 0.2) is 12.1 Å². The third-order valence-corrected chi connectivity index (χ3v) is 3.21. The number of benzene rings is 1. The smallest absolute Gasteiger partial charge is 0.340 e. The average Bonchev–Trinajstić information content (AvgIpc) is 3.36. The number of carboxylic acid groups (broad SMARTS) is 2. The molecule has 0 amide bonds. The molecule has 2 unspecified atom stereocenters. The van der Waals surface area contributed by atoms with Gasteiger partial charge >= 0.3 is 11.9 Å². The summed E-state index contributed by atoms with van der Waals surface area (Å²) in [6, 6.07) is 2.58. The first-order chi connectivity index (χ1) is 10.6. The number of hydrogen-bond acceptors (Lipinski definition) is 6. The van der Waals surface area contributed by atoms with Crippen molar-refractivity contribution in [2.75, 3.05) is 26.4 Å². The maximum Gasteiger partial charge on any atom is 0.340 e. The highest BCUT2D eigenvalue weighted by molar-refractivity contribution is 6.04. The van der Waals surface area contributed by atoms with Gasteiger partial charge in [0, 0.05) is 0 Å². The molecule has 2 aliphatic rings. The number of carbonyl (C=O) groups is 2. The van der Waals surface area contributed by atoms with Gasteiger partial charge in [-0.2, -0.15) is 0 Å². The molecular weight excluding hydrogens is 296 g/mol. The van der Waals surface area contributed by atoms with Crippen LogP contribution in [-0.2, 0) is 9.47 Å². The summed E-state index contributed by atoms with van der Waals surface area (Å²) in [5, 5.41) is 18.5. The summed E-state index contributed by atoms with van der Waals surface area (Å²) in [6.45, 7) is 1.51. The van der Waals surface area contributed by atoms with Gasteiger partial charge in [-0.15, -0.1) is 0 Å². The molecule has 2 fully saturated rings. The monoisotopic (exact) mass is 310 g/mol. The number of rotatable bonds is 8. The van der Waals surface area contributed by atoms with Crippen molar-refractivity contribution >= 4 is 11.9 Å². The Labute approximate surface area is 125 Å². The highest BCUT2D eigenvalue weighted by Crippen LogP contribution is 2.35. The molecule has 2 saturated heterocycles. The van der Waals surface area contributed by atoms with E-state index in [4.69, 9.17) is 24.1 Å². The largest absolute Gasteiger partial charge is 0.487 e. The van der Waals surface area contributed by atoms with Crippen LogP contribution in [0.25, 0.3) is 0 Å². The number of hydrogen-bond donors (Lipinski definition) is 2. The van der Waals surface area contributed by atoms with Gasteiger partial charge in [-0.3, -0.25) is 0 Å². The molecule has 8 nitrogen and oxygen atoms in total. The third-order valence-electron chi connectivity index (χ3n) is 3.21. The minimum absolute atomic E-state index is 0.0213. The molecule has 118 valence electrons. The van der Waals surface area contributed by atoms with Crippen LogP contribution in [0.4, 0.5) is 0 Å². The van der Waals surface area contributed by atoms with Gasteiger partial charge in [0.05, 0.1) is 18.8 Å². The number of ether oxygens (including phenoxy) is 4. The lowest BCUT2D eigenvalue weighted by atomic mass is 10.1. The summed E-state index contributed by atoms with van der Waals surface area (Å²) in [4.78, 5) is 22.7. The Morgan fingerprint density at radius 3 is 2.14 bits per heavy atom. The maximum absolute atomic E-state index is 11.5. The van der Waals surface area contributed by atoms with Crippen molar-refractivity contribution in [3.63, 3.8) is 0 Å². The molecule has 0 aliphatic carbocycles. The van der Waals surface area contributed by atoms with Crippen molar-refractivity contribution in [2.45, 2.75) is 12.2 Å². The molecule has 3 rings (SSSR count). The molecule has 22 heavy (non-hydrogen) atoms. The van der Waals surface area contributed by atoms with E-state index in [1.807, 2.05) is 0 Å². The van der Waals surface area contributed by atoms with Gasteiger partial charge in [0.1, 0.15) is 31.0 Å². The van der Waals surface area contributed by atoms with Gasteiger partial charge in [-0.05, 0) is 12.1 Å². The molecule has 0 aromatic heterocycles. The quantitative estimate of drug-likeness (QED) is 0.671. The maximum atomic E-state index is 11.5. The molecule has 2 N–H and O–H groups in total. The molecule has 2 heterocycles. The third kappa shape index (κ3) is 3.29. The standard InChI is InChI=1S/C14H14O8/c15-13(16)9-1-2-10(21-5-7-3-19-7)12(11(9)14(17)18)22-6-8-4-20-8/h1-2,7-8H,3-6H2,(H,15,16)(H,17,18). The fraction of sp³-hybridized carbons (Fsp3) is 0.429. The highest BCUT2D eigenvalue weighted by Gasteiger charge is 2.30. The van der Waals surface area contributed by atoms with Gasteiger partial charge in [0.2, 0.25) is 0 Å². The van der Waals surface area contributed by atoms with Crippen molar-refractivity contribution in [1.29, 1.82) is 0 Å². The summed E-state index contributed by atoms with van der Waals surface area (Å²) in [5.74, 6) is -2.65. The molecular formula is C14H14O8. The van der Waals surface area contributed by atoms with E-state index in [0.717, 1.165) is 0 Å². The Hall–Kier alpha value is -2.32. The van der Waals surface area contributed by atoms with Gasteiger partial charge in [0.25, 0.3) is 0 Å². The first-order valence-corrected chi connectivity index (χ1v) is 6.68. The van der Waals surface area contributed by atoms with E-state index in [1.165, 1.54) is 12.1 Å². The van der Waals surface area contributed by atoms with Gasteiger partial charge in [0.15, 0.2) is 11.5 Å². The van der Waals surface area contributed by atoms with Crippen LogP contribution in [0.5, 0.6) is 11.5 Å². The van der Waals surface area contributed by atoms with Crippen LogP contribution in [0.3, 0.4) is 0 Å². The zero-order valence-electron chi connectivity index (χ0n) is 11.5. The molecule has 1 aromatic carbocycles. The van der Waals surface area contributed by atoms with Crippen LogP contribution < -0.4 is 9.47 Å². The fourth-order valence-electron chi connectivity index (χ4n) is 1.90. The minimum Gasteiger partial charge on any atom is -0.487 e. The topological polar surface area (TPSA) is 118 Å². The summed E-state index contributed by atoms with van der Waals surface area (Å²) in [6.07, 6.45) is -0.123. The average molecular weight is 310 g/mol. The van der Waals surface area contributed by atoms with Crippen LogP contribution in [0.2, 0.25) is 0 Å². The zero-order valence-corrected chi connectivity index (χ0v) is 11.5. The first kappa shape index (κ1) is 14.6. The molecule has 1 aromatic rings. The molecule has 8 heteroatoms. The minimum atomic E-state index is -1.39. The van der Waals surface area contributed by atoms with Crippen molar-refractivity contribution in [2.24, 2.45) is 0 Å². The second-order valence-corrected chi connectivity index (χ2v) is 4.96. The lowest BCUT2D eigenvalue weighted by molar-refractivity contribution is 0.0646. The van der Waals surface area contributed by atoms with E-state index in [0.29, 0.717) is 13.2 Å². The van der Waals surface area contributed by atoms with E-state index < -0.39 is 17.5 Å². The van der Waals surface area contributed by atoms with E-state index >= 15 is 0 Å². The molecule has 0 saturated carbocycles. The molecule has 2 aliphatic heterocycles. The Morgan fingerprint density at radius 1 is 1.05 bits per heavy atom. The predicted molar refractivity (Wildman–Crippen MR) is 70.8 cm³/mol. The summed E-state index contributed by atoms with van der Waals surface area (Å²) >= 11 is 0. The summed E-state index contributed by atoms with van der Waals surface area (Å²) < 4.78 is 21.0. The van der Waals surface area contributed by atoms with Crippen molar-refractivity contribution in [3.05, 3.63) is 23.3 Å². The fourth-order valence-corrected chi connectivity index (χ4v) is 1.90. The van der Waals surface area contributed by atoms with Crippen LogP contribution in [-0.4, -0.2) is 60.8 Å². The zero-order chi connectivity index (χ0) is 15.7. The number of epoxide rings is 2. The molecule has 0 bridgehead atoms. The Bertz CT molecular complexity index is 603. The molecule has 2 atom stereocenters. The molecule has 0 radical (unpaired) electrons. The van der Waals surface area contributed by atoms with E-state index in [1.54, 1.807) is 0 Å². The van der Waals surface area contributed by atoms with E-state index in [9.17, 15) is 14.7 Å². The van der Waals surface area contributed by atoms with Gasteiger partial charge < -0.3 is 29.2 Å². The van der Waals surface area contributed by atoms with Crippen LogP contribution in [0, 0.1) is 0 Å². The lowest BCUT2D eigenvalue weighted by Gasteiger charge is -2.15. The lowest BCUT2D eigenvalue weighted by Crippen LogP contribution is -2.15. The van der Waals surface area contributed by atoms with Gasteiger partial charge in [-0.1, -0.05) is 0 Å². The van der Waals surface area contributed by atoms with Gasteiger partial charge in [-0.25, -0.2) is 9.59 Å². The van der Waals surface area contributed by atoms with Crippen molar-refractivity contribution < 1.29 is 38.7 Å². The number of aromatic carboxylic acids is 2. The van der Waals surface area contributed by atoms with E-state index in [-0.39, 0.29) is 42.5 Å². The predicted octanol–water partition coefficient (Wildman–Crippen LogP) is 0.638. The number of carboxylic acids is 2. The van der Waals surface area contributed by atoms with Crippen LogP contribution >= 0.6 is 0 Å². The Morgan fingerprint density at radius 2 is 1.64 bits per heavy atom. The molecule has 0 spiro atoms. The summed E-state index contributed by atoms with van der Waals surface area (Å²) in [7, 11) is 0. The Kier molecular flexibility index (Phi) is 3.86. The second kappa shape index (κ2) is 5.82. The summed E-state index contributed by atoms with van der Waals surface area (Å²) in [5.41, 5.74) is -0.781. The first-order valence-electron chi connectivity index (χ1n) is 6.68. The van der Waals surface area contributed by atoms with Crippen LogP contribution in [0.1, 0.15) is 20.7 Å². The van der Waals surface area contributed by atoms with Crippen molar-refractivity contribution in [1.82, 2.24) is 0 Å². The highest BCUT2D eigenvalue weighted by atomic mass is 16.6. The second-order valence-electron chi connectivity index (χ2n) is 4.96. The Balaban J connectivity index is 1.92. The normalized spacial score (nSPS) is 22.0. The van der Waals surface area contributed by atoms with E-state index in [2.05, 4.69) is 0 Å². The SMILES string of the molecule is O=C(O)c1ccc(OCC2CO2)c(OCC2CO2)c1C(=O)O. The van der Waals surface area contributed by atoms with Crippen molar-refractivity contribution in [3.8, 4) is 11.5 Å².